The number of methoxy groups -OCH3 is 1. The Morgan fingerprint density at radius 3 is 2.65 bits per heavy atom. The van der Waals surface area contributed by atoms with Crippen molar-refractivity contribution in [3.8, 4) is 11.5 Å². The van der Waals surface area contributed by atoms with Gasteiger partial charge in [0.15, 0.2) is 11.5 Å². The number of carboxylic acids is 1. The van der Waals surface area contributed by atoms with Crippen LogP contribution in [0.2, 0.25) is 0 Å². The van der Waals surface area contributed by atoms with Gasteiger partial charge in [0.2, 0.25) is 0 Å². The fourth-order valence-electron chi connectivity index (χ4n) is 1.60. The zero-order valence-corrected chi connectivity index (χ0v) is 11.0. The number of hydrogen-bond donors (Lipinski definition) is 2. The quantitative estimate of drug-likeness (QED) is 0.418. The molecule has 0 fully saturated rings. The number of aliphatic carboxylic acids is 1. The summed E-state index contributed by atoms with van der Waals surface area (Å²) in [6.07, 6.45) is 0.260. The molecule has 0 aliphatic rings. The molecule has 0 saturated heterocycles. The van der Waals surface area contributed by atoms with E-state index in [-0.39, 0.29) is 31.0 Å². The summed E-state index contributed by atoms with van der Waals surface area (Å²) >= 11 is 0. The minimum atomic E-state index is -0.926. The first-order valence-corrected chi connectivity index (χ1v) is 5.89. The number of hydrogen-bond acceptors (Lipinski definition) is 6. The van der Waals surface area contributed by atoms with Gasteiger partial charge >= 0.3 is 5.97 Å². The highest BCUT2D eigenvalue weighted by atomic mass is 16.6. The molecule has 1 aromatic rings. The van der Waals surface area contributed by atoms with Crippen molar-refractivity contribution in [2.75, 3.05) is 13.7 Å². The lowest BCUT2D eigenvalue weighted by atomic mass is 10.1. The largest absolute Gasteiger partial charge is 0.493 e. The van der Waals surface area contributed by atoms with Crippen LogP contribution in [0.5, 0.6) is 11.5 Å². The molecule has 8 nitrogen and oxygen atoms in total. The van der Waals surface area contributed by atoms with Crippen molar-refractivity contribution in [2.45, 2.75) is 19.4 Å². The zero-order valence-electron chi connectivity index (χ0n) is 11.0. The summed E-state index contributed by atoms with van der Waals surface area (Å²) < 4.78 is 10.4. The van der Waals surface area contributed by atoms with Gasteiger partial charge in [0, 0.05) is 18.5 Å². The standard InChI is InChI=1S/C12H16N2O6/c1-19-10-5-8(7-13)9(14(17)18)6-11(10)20-4-2-3-12(15)16/h5-6H,2-4,7,13H2,1H3,(H,15,16). The van der Waals surface area contributed by atoms with Gasteiger partial charge in [-0.25, -0.2) is 0 Å². The molecule has 0 aromatic heterocycles. The normalized spacial score (nSPS) is 10.1. The molecule has 0 radical (unpaired) electrons. The Labute approximate surface area is 115 Å². The van der Waals surface area contributed by atoms with E-state index in [1.54, 1.807) is 0 Å². The predicted octanol–water partition coefficient (Wildman–Crippen LogP) is 1.31. The van der Waals surface area contributed by atoms with E-state index >= 15 is 0 Å². The Morgan fingerprint density at radius 1 is 1.45 bits per heavy atom. The molecule has 0 saturated carbocycles. The molecule has 0 aliphatic heterocycles. The first-order valence-electron chi connectivity index (χ1n) is 5.89. The number of carboxylic acid groups (broad SMARTS) is 1. The highest BCUT2D eigenvalue weighted by molar-refractivity contribution is 5.66. The maximum absolute atomic E-state index is 10.9. The van der Waals surface area contributed by atoms with Crippen molar-refractivity contribution in [2.24, 2.45) is 5.73 Å². The van der Waals surface area contributed by atoms with E-state index in [0.717, 1.165) is 0 Å². The minimum absolute atomic E-state index is 0.00592. The van der Waals surface area contributed by atoms with E-state index in [1.807, 2.05) is 0 Å². The van der Waals surface area contributed by atoms with Crippen LogP contribution in [0.3, 0.4) is 0 Å². The van der Waals surface area contributed by atoms with E-state index in [2.05, 4.69) is 0 Å². The summed E-state index contributed by atoms with van der Waals surface area (Å²) in [7, 11) is 1.41. The number of carbonyl (C=O) groups is 1. The minimum Gasteiger partial charge on any atom is -0.493 e. The Kier molecular flexibility index (Phi) is 5.73. The summed E-state index contributed by atoms with van der Waals surface area (Å²) in [4.78, 5) is 20.8. The van der Waals surface area contributed by atoms with Crippen molar-refractivity contribution in [1.82, 2.24) is 0 Å². The third-order valence-electron chi connectivity index (χ3n) is 2.57. The summed E-state index contributed by atoms with van der Waals surface area (Å²) in [5.41, 5.74) is 5.64. The number of nitrogens with two attached hydrogens (primary N) is 1. The first kappa shape index (κ1) is 15.7. The monoisotopic (exact) mass is 284 g/mol. The molecule has 0 atom stereocenters. The van der Waals surface area contributed by atoms with Gasteiger partial charge in [-0.2, -0.15) is 0 Å². The SMILES string of the molecule is COc1cc(CN)c([N+](=O)[O-])cc1OCCCC(=O)O. The smallest absolute Gasteiger partial charge is 0.303 e. The van der Waals surface area contributed by atoms with Crippen molar-refractivity contribution in [3.63, 3.8) is 0 Å². The average molecular weight is 284 g/mol. The van der Waals surface area contributed by atoms with E-state index in [9.17, 15) is 14.9 Å². The number of nitrogens with zero attached hydrogens (tertiary/aromatic N) is 1. The van der Waals surface area contributed by atoms with Gasteiger partial charge in [-0.3, -0.25) is 14.9 Å². The van der Waals surface area contributed by atoms with Gasteiger partial charge in [-0.05, 0) is 12.5 Å². The zero-order chi connectivity index (χ0) is 15.1. The molecular formula is C12H16N2O6. The van der Waals surface area contributed by atoms with Crippen LogP contribution in [-0.4, -0.2) is 29.7 Å². The molecule has 3 N–H and O–H groups in total. The summed E-state index contributed by atoms with van der Waals surface area (Å²) in [6, 6.07) is 2.69. The van der Waals surface area contributed by atoms with Crippen molar-refractivity contribution in [1.29, 1.82) is 0 Å². The lowest BCUT2D eigenvalue weighted by molar-refractivity contribution is -0.385. The van der Waals surface area contributed by atoms with Crippen LogP contribution < -0.4 is 15.2 Å². The predicted molar refractivity (Wildman–Crippen MR) is 69.9 cm³/mol. The first-order chi connectivity index (χ1) is 9.49. The number of benzene rings is 1. The van der Waals surface area contributed by atoms with Gasteiger partial charge in [0.05, 0.1) is 24.7 Å². The number of nitro benzene ring substituents is 1. The molecule has 1 aromatic carbocycles. The molecule has 0 amide bonds. The second-order valence-corrected chi connectivity index (χ2v) is 3.94. The highest BCUT2D eigenvalue weighted by Crippen LogP contribution is 2.34. The summed E-state index contributed by atoms with van der Waals surface area (Å²) in [5.74, 6) is -0.404. The molecule has 8 heteroatoms. The molecule has 20 heavy (non-hydrogen) atoms. The van der Waals surface area contributed by atoms with Crippen LogP contribution in [0.25, 0.3) is 0 Å². The lowest BCUT2D eigenvalue weighted by Crippen LogP contribution is -2.06. The summed E-state index contributed by atoms with van der Waals surface area (Å²) in [6.45, 7) is 0.133. The van der Waals surface area contributed by atoms with E-state index in [4.69, 9.17) is 20.3 Å². The van der Waals surface area contributed by atoms with Gasteiger partial charge < -0.3 is 20.3 Å². The van der Waals surface area contributed by atoms with Crippen LogP contribution in [-0.2, 0) is 11.3 Å². The molecule has 110 valence electrons. The van der Waals surface area contributed by atoms with Crippen molar-refractivity contribution < 1.29 is 24.3 Å². The van der Waals surface area contributed by atoms with Crippen LogP contribution in [0.4, 0.5) is 5.69 Å². The Hall–Kier alpha value is -2.35. The molecule has 0 aliphatic carbocycles. The van der Waals surface area contributed by atoms with Gasteiger partial charge in [-0.1, -0.05) is 0 Å². The lowest BCUT2D eigenvalue weighted by Gasteiger charge is -2.12. The number of ether oxygens (including phenoxy) is 2. The molecule has 1 rings (SSSR count). The Morgan fingerprint density at radius 2 is 2.15 bits per heavy atom. The molecular weight excluding hydrogens is 268 g/mol. The van der Waals surface area contributed by atoms with Crippen LogP contribution in [0.15, 0.2) is 12.1 Å². The fraction of sp³-hybridized carbons (Fsp3) is 0.417. The highest BCUT2D eigenvalue weighted by Gasteiger charge is 2.18. The Balaban J connectivity index is 2.90. The summed E-state index contributed by atoms with van der Waals surface area (Å²) in [5, 5.41) is 19.4. The molecule has 0 bridgehead atoms. The third-order valence-corrected chi connectivity index (χ3v) is 2.57. The Bertz CT molecular complexity index is 503. The average Bonchev–Trinajstić information content (AvgIpc) is 2.42. The van der Waals surface area contributed by atoms with Crippen molar-refractivity contribution >= 4 is 11.7 Å². The maximum Gasteiger partial charge on any atom is 0.303 e. The van der Waals surface area contributed by atoms with Crippen LogP contribution in [0.1, 0.15) is 18.4 Å². The van der Waals surface area contributed by atoms with Gasteiger partial charge in [0.1, 0.15) is 0 Å². The van der Waals surface area contributed by atoms with Crippen molar-refractivity contribution in [3.05, 3.63) is 27.8 Å². The molecule has 0 unspecified atom stereocenters. The van der Waals surface area contributed by atoms with E-state index in [0.29, 0.717) is 17.7 Å². The fourth-order valence-corrected chi connectivity index (χ4v) is 1.60. The molecule has 0 heterocycles. The second-order valence-electron chi connectivity index (χ2n) is 3.94. The van der Waals surface area contributed by atoms with Gasteiger partial charge in [-0.15, -0.1) is 0 Å². The van der Waals surface area contributed by atoms with Gasteiger partial charge in [0.25, 0.3) is 5.69 Å². The maximum atomic E-state index is 10.9. The van der Waals surface area contributed by atoms with E-state index in [1.165, 1.54) is 19.2 Å². The topological polar surface area (TPSA) is 125 Å². The number of rotatable bonds is 8. The third kappa shape index (κ3) is 4.09. The van der Waals surface area contributed by atoms with E-state index < -0.39 is 10.9 Å². The van der Waals surface area contributed by atoms with Crippen LogP contribution in [0, 0.1) is 10.1 Å². The number of nitro groups is 1. The second kappa shape index (κ2) is 7.29. The molecule has 0 spiro atoms. The van der Waals surface area contributed by atoms with Crippen LogP contribution >= 0.6 is 0 Å².